The Hall–Kier alpha value is -3.60. The zero-order valence-corrected chi connectivity index (χ0v) is 19.9. The molecule has 0 atom stereocenters. The second-order valence-electron chi connectivity index (χ2n) is 8.10. The van der Waals surface area contributed by atoms with Crippen LogP contribution in [-0.4, -0.2) is 19.1 Å². The highest BCUT2D eigenvalue weighted by atomic mass is 16.5. The molecule has 0 aromatic heterocycles. The molecule has 2 aliphatic rings. The molecule has 0 spiro atoms. The Balaban J connectivity index is 2.13. The van der Waals surface area contributed by atoms with Gasteiger partial charge in [-0.25, -0.2) is 0 Å². The zero-order chi connectivity index (χ0) is 23.5. The van der Waals surface area contributed by atoms with Gasteiger partial charge in [0.2, 0.25) is 0 Å². The summed E-state index contributed by atoms with van der Waals surface area (Å²) in [7, 11) is 0. The summed E-state index contributed by atoms with van der Waals surface area (Å²) in [5.74, 6) is 1.03. The lowest BCUT2D eigenvalue weighted by molar-refractivity contribution is -0.133. The fourth-order valence-electron chi connectivity index (χ4n) is 4.16. The summed E-state index contributed by atoms with van der Waals surface area (Å²) in [4.78, 5) is 16.8. The van der Waals surface area contributed by atoms with E-state index < -0.39 is 0 Å². The quantitative estimate of drug-likeness (QED) is 0.211. The molecule has 0 radical (unpaired) electrons. The van der Waals surface area contributed by atoms with Crippen molar-refractivity contribution in [3.05, 3.63) is 65.0 Å². The lowest BCUT2D eigenvalue weighted by atomic mass is 9.91. The van der Waals surface area contributed by atoms with E-state index in [9.17, 15) is 4.79 Å². The van der Waals surface area contributed by atoms with Crippen LogP contribution in [0.5, 0.6) is 5.75 Å². The summed E-state index contributed by atoms with van der Waals surface area (Å²) in [5, 5.41) is 5.31. The van der Waals surface area contributed by atoms with Gasteiger partial charge in [0.1, 0.15) is 17.1 Å². The Morgan fingerprint density at radius 1 is 1.00 bits per heavy atom. The number of anilines is 1. The summed E-state index contributed by atoms with van der Waals surface area (Å²) in [6.45, 7) is 11.6. The van der Waals surface area contributed by atoms with Gasteiger partial charge in [-0.1, -0.05) is 25.1 Å². The van der Waals surface area contributed by atoms with Gasteiger partial charge >= 0.3 is 5.97 Å². The standard InChI is InChI=1S/C28H30N2O3/c1-6-27(31)33-24-12-10-9-11-19(24)28-20-13-17(4)22(29-7-2)15-25(20)32-26-16-23(30-8-3)18(5)14-21(26)28/h9-16,29H,6-8H2,1-5H3. The molecule has 5 nitrogen and oxygen atoms in total. The highest BCUT2D eigenvalue weighted by Gasteiger charge is 2.22. The predicted octanol–water partition coefficient (Wildman–Crippen LogP) is 6.49. The Labute approximate surface area is 194 Å². The number of nitrogens with zero attached hydrogens (tertiary/aromatic N) is 1. The van der Waals surface area contributed by atoms with Crippen LogP contribution in [0, 0.1) is 13.8 Å². The van der Waals surface area contributed by atoms with Gasteiger partial charge < -0.3 is 14.5 Å². The van der Waals surface area contributed by atoms with Crippen LogP contribution < -0.4 is 15.4 Å². The summed E-state index contributed by atoms with van der Waals surface area (Å²) in [6.07, 6.45) is 0.312. The van der Waals surface area contributed by atoms with Gasteiger partial charge in [-0.3, -0.25) is 9.79 Å². The van der Waals surface area contributed by atoms with Gasteiger partial charge in [-0.05, 0) is 57.0 Å². The van der Waals surface area contributed by atoms with Crippen molar-refractivity contribution in [2.45, 2.75) is 41.0 Å². The minimum Gasteiger partial charge on any atom is -0.456 e. The largest absolute Gasteiger partial charge is 0.456 e. The molecule has 0 saturated carbocycles. The smallest absolute Gasteiger partial charge is 0.310 e. The van der Waals surface area contributed by atoms with Gasteiger partial charge in [0, 0.05) is 59.4 Å². The van der Waals surface area contributed by atoms with Gasteiger partial charge in [-0.2, -0.15) is 0 Å². The number of rotatable bonds is 6. The maximum Gasteiger partial charge on any atom is 0.310 e. The van der Waals surface area contributed by atoms with Gasteiger partial charge in [0.05, 0.1) is 5.36 Å². The van der Waals surface area contributed by atoms with E-state index in [0.29, 0.717) is 18.7 Å². The molecule has 1 aliphatic heterocycles. The van der Waals surface area contributed by atoms with Crippen molar-refractivity contribution in [1.29, 1.82) is 0 Å². The van der Waals surface area contributed by atoms with Gasteiger partial charge in [0.15, 0.2) is 0 Å². The first kappa shape index (κ1) is 22.6. The Morgan fingerprint density at radius 2 is 1.79 bits per heavy atom. The fourth-order valence-corrected chi connectivity index (χ4v) is 4.16. The van der Waals surface area contributed by atoms with E-state index in [1.165, 1.54) is 0 Å². The summed E-state index contributed by atoms with van der Waals surface area (Å²) >= 11 is 0. The molecule has 1 heterocycles. The molecule has 5 heteroatoms. The van der Waals surface area contributed by atoms with E-state index in [0.717, 1.165) is 62.1 Å². The summed E-state index contributed by atoms with van der Waals surface area (Å²) < 4.78 is 12.2. The Morgan fingerprint density at radius 3 is 2.52 bits per heavy atom. The number of hydrogen-bond acceptors (Lipinski definition) is 5. The maximum atomic E-state index is 12.2. The normalized spacial score (nSPS) is 11.8. The lowest BCUT2D eigenvalue weighted by Crippen LogP contribution is -2.10. The molecule has 1 aliphatic carbocycles. The summed E-state index contributed by atoms with van der Waals surface area (Å²) in [6, 6.07) is 16.0. The van der Waals surface area contributed by atoms with Crippen LogP contribution in [0.3, 0.4) is 0 Å². The van der Waals surface area contributed by atoms with Crippen LogP contribution in [0.4, 0.5) is 5.69 Å². The monoisotopic (exact) mass is 442 g/mol. The van der Waals surface area contributed by atoms with Crippen LogP contribution >= 0.6 is 0 Å². The molecule has 0 saturated heterocycles. The average molecular weight is 443 g/mol. The van der Waals surface area contributed by atoms with Crippen LogP contribution in [-0.2, 0) is 4.79 Å². The molecule has 2 aromatic rings. The molecular weight excluding hydrogens is 412 g/mol. The third-order valence-corrected chi connectivity index (χ3v) is 5.75. The number of fused-ring (bicyclic) bond motifs is 2. The number of aryl methyl sites for hydroxylation is 2. The maximum absolute atomic E-state index is 12.2. The first-order valence-corrected chi connectivity index (χ1v) is 11.5. The van der Waals surface area contributed by atoms with Crippen LogP contribution in [0.2, 0.25) is 0 Å². The van der Waals surface area contributed by atoms with E-state index in [4.69, 9.17) is 9.15 Å². The number of carbonyl (C=O) groups is 1. The highest BCUT2D eigenvalue weighted by Crippen LogP contribution is 2.44. The van der Waals surface area contributed by atoms with E-state index >= 15 is 0 Å². The number of para-hydroxylation sites is 1. The molecule has 33 heavy (non-hydrogen) atoms. The second kappa shape index (κ2) is 9.49. The van der Waals surface area contributed by atoms with Crippen molar-refractivity contribution in [2.24, 2.45) is 4.99 Å². The van der Waals surface area contributed by atoms with Gasteiger partial charge in [-0.15, -0.1) is 0 Å². The first-order valence-electron chi connectivity index (χ1n) is 11.5. The van der Waals surface area contributed by atoms with Crippen molar-refractivity contribution < 1.29 is 13.9 Å². The van der Waals surface area contributed by atoms with Crippen molar-refractivity contribution in [3.8, 4) is 28.2 Å². The third-order valence-electron chi connectivity index (χ3n) is 5.75. The van der Waals surface area contributed by atoms with E-state index in [2.05, 4.69) is 43.2 Å². The average Bonchev–Trinajstić information content (AvgIpc) is 2.80. The molecule has 0 amide bonds. The summed E-state index contributed by atoms with van der Waals surface area (Å²) in [5.41, 5.74) is 6.81. The molecule has 2 aromatic carbocycles. The lowest BCUT2D eigenvalue weighted by Gasteiger charge is -2.19. The molecule has 4 rings (SSSR count). The van der Waals surface area contributed by atoms with Crippen LogP contribution in [0.25, 0.3) is 33.4 Å². The van der Waals surface area contributed by atoms with Gasteiger partial charge in [0.25, 0.3) is 0 Å². The number of ether oxygens (including phenoxy) is 1. The Bertz CT molecular complexity index is 1370. The highest BCUT2D eigenvalue weighted by molar-refractivity contribution is 6.04. The third kappa shape index (κ3) is 4.36. The van der Waals surface area contributed by atoms with E-state index in [-0.39, 0.29) is 5.97 Å². The van der Waals surface area contributed by atoms with Crippen LogP contribution in [0.1, 0.15) is 38.3 Å². The number of benzene rings is 3. The first-order chi connectivity index (χ1) is 16.0. The van der Waals surface area contributed by atoms with E-state index in [1.807, 2.05) is 43.3 Å². The minimum atomic E-state index is -0.262. The topological polar surface area (TPSA) is 63.8 Å². The number of hydrogen-bond donors (Lipinski definition) is 1. The van der Waals surface area contributed by atoms with Crippen molar-refractivity contribution in [3.63, 3.8) is 0 Å². The van der Waals surface area contributed by atoms with E-state index in [1.54, 1.807) is 6.92 Å². The van der Waals surface area contributed by atoms with Crippen molar-refractivity contribution in [1.82, 2.24) is 0 Å². The molecular formula is C28H30N2O3. The molecule has 0 unspecified atom stereocenters. The van der Waals surface area contributed by atoms with Crippen molar-refractivity contribution in [2.75, 3.05) is 18.4 Å². The number of nitrogens with one attached hydrogen (secondary N) is 1. The zero-order valence-electron chi connectivity index (χ0n) is 19.9. The molecule has 0 bridgehead atoms. The predicted molar refractivity (Wildman–Crippen MR) is 134 cm³/mol. The number of esters is 1. The second-order valence-corrected chi connectivity index (χ2v) is 8.10. The van der Waals surface area contributed by atoms with Crippen molar-refractivity contribution >= 4 is 22.6 Å². The molecule has 170 valence electrons. The molecule has 0 fully saturated rings. The fraction of sp³-hybridized carbons (Fsp3) is 0.286. The molecule has 1 N–H and O–H groups in total. The van der Waals surface area contributed by atoms with Crippen LogP contribution in [0.15, 0.2) is 57.9 Å². The SMILES string of the molecule is CCN=c1cc2oc3cc(NCC)c(C)cc3c(-c3ccccc3OC(=O)CC)c-2cc1C. The number of carbonyl (C=O) groups excluding carboxylic acids is 1. The minimum absolute atomic E-state index is 0.262. The Kier molecular flexibility index (Phi) is 6.50.